The standard InChI is InChI=1S/C8H11NO3S.C7H7FO/c1-6-3-4-8(10)7(5-6)9-13(2,11)12;1-5-2-3-7(9)6(8)4-5/h3-5,9-10H,1-2H3;2-4,9H,1H3. The van der Waals surface area contributed by atoms with Gasteiger partial charge in [-0.25, -0.2) is 12.8 Å². The molecule has 0 saturated carbocycles. The fraction of sp³-hybridized carbons (Fsp3) is 0.200. The molecule has 0 aliphatic heterocycles. The zero-order chi connectivity index (χ0) is 16.9. The molecule has 0 spiro atoms. The molecule has 0 heterocycles. The second-order valence-electron chi connectivity index (χ2n) is 4.85. The Kier molecular flexibility index (Phi) is 5.76. The largest absolute Gasteiger partial charge is 0.506 e. The number of rotatable bonds is 2. The average molecular weight is 327 g/mol. The molecule has 0 aromatic heterocycles. The molecule has 5 nitrogen and oxygen atoms in total. The zero-order valence-corrected chi connectivity index (χ0v) is 13.3. The van der Waals surface area contributed by atoms with Crippen LogP contribution in [0.4, 0.5) is 10.1 Å². The van der Waals surface area contributed by atoms with Crippen LogP contribution in [0.5, 0.6) is 11.5 Å². The van der Waals surface area contributed by atoms with Crippen molar-refractivity contribution in [2.75, 3.05) is 11.0 Å². The monoisotopic (exact) mass is 327 g/mol. The summed E-state index contributed by atoms with van der Waals surface area (Å²) in [5.41, 5.74) is 1.90. The van der Waals surface area contributed by atoms with E-state index in [4.69, 9.17) is 5.11 Å². The molecular weight excluding hydrogens is 309 g/mol. The number of aryl methyl sites for hydroxylation is 2. The molecule has 2 aromatic carbocycles. The normalized spacial score (nSPS) is 10.5. The maximum atomic E-state index is 12.3. The summed E-state index contributed by atoms with van der Waals surface area (Å²) in [7, 11) is -3.33. The van der Waals surface area contributed by atoms with E-state index in [1.54, 1.807) is 25.1 Å². The lowest BCUT2D eigenvalue weighted by Gasteiger charge is -2.06. The molecular formula is C15H18FNO4S. The van der Waals surface area contributed by atoms with Crippen LogP contribution >= 0.6 is 0 Å². The van der Waals surface area contributed by atoms with E-state index >= 15 is 0 Å². The first kappa shape index (κ1) is 17.8. The number of aromatic hydroxyl groups is 2. The van der Waals surface area contributed by atoms with E-state index in [1.807, 2.05) is 6.92 Å². The van der Waals surface area contributed by atoms with E-state index in [0.717, 1.165) is 17.4 Å². The van der Waals surface area contributed by atoms with Crippen molar-refractivity contribution in [2.24, 2.45) is 0 Å². The third kappa shape index (κ3) is 6.01. The van der Waals surface area contributed by atoms with Crippen LogP contribution in [-0.4, -0.2) is 24.9 Å². The van der Waals surface area contributed by atoms with Gasteiger partial charge in [0.25, 0.3) is 0 Å². The van der Waals surface area contributed by atoms with Crippen LogP contribution in [0.15, 0.2) is 36.4 Å². The zero-order valence-electron chi connectivity index (χ0n) is 12.5. The summed E-state index contributed by atoms with van der Waals surface area (Å²) in [6, 6.07) is 8.99. The van der Waals surface area contributed by atoms with E-state index in [-0.39, 0.29) is 17.2 Å². The van der Waals surface area contributed by atoms with Gasteiger partial charge < -0.3 is 10.2 Å². The summed E-state index contributed by atoms with van der Waals surface area (Å²) in [6.07, 6.45) is 1.04. The van der Waals surface area contributed by atoms with Crippen molar-refractivity contribution in [2.45, 2.75) is 13.8 Å². The van der Waals surface area contributed by atoms with Gasteiger partial charge in [-0.05, 0) is 49.2 Å². The van der Waals surface area contributed by atoms with Gasteiger partial charge in [-0.1, -0.05) is 12.1 Å². The van der Waals surface area contributed by atoms with Gasteiger partial charge in [-0.15, -0.1) is 0 Å². The molecule has 0 aliphatic rings. The van der Waals surface area contributed by atoms with Crippen LogP contribution in [0, 0.1) is 19.7 Å². The van der Waals surface area contributed by atoms with Gasteiger partial charge in [0, 0.05) is 0 Å². The molecule has 0 unspecified atom stereocenters. The van der Waals surface area contributed by atoms with Crippen LogP contribution in [0.1, 0.15) is 11.1 Å². The summed E-state index contributed by atoms with van der Waals surface area (Å²) in [5, 5.41) is 17.9. The number of phenolic OH excluding ortho intramolecular Hbond substituents is 2. The number of hydrogen-bond acceptors (Lipinski definition) is 4. The first-order valence-corrected chi connectivity index (χ1v) is 8.20. The molecule has 2 rings (SSSR count). The summed E-state index contributed by atoms with van der Waals surface area (Å²) >= 11 is 0. The highest BCUT2D eigenvalue weighted by Crippen LogP contribution is 2.24. The Morgan fingerprint density at radius 1 is 0.955 bits per heavy atom. The number of anilines is 1. The van der Waals surface area contributed by atoms with Crippen molar-refractivity contribution in [1.29, 1.82) is 0 Å². The van der Waals surface area contributed by atoms with E-state index in [2.05, 4.69) is 4.72 Å². The minimum absolute atomic E-state index is 0.0731. The second kappa shape index (κ2) is 7.13. The SMILES string of the molecule is Cc1ccc(O)c(F)c1.Cc1ccc(O)c(NS(C)(=O)=O)c1. The summed E-state index contributed by atoms with van der Waals surface area (Å²) in [5.74, 6) is -0.924. The first-order chi connectivity index (χ1) is 10.1. The minimum Gasteiger partial charge on any atom is -0.506 e. The summed E-state index contributed by atoms with van der Waals surface area (Å²) in [6.45, 7) is 3.58. The Labute approximate surface area is 129 Å². The van der Waals surface area contributed by atoms with Crippen molar-refractivity contribution in [1.82, 2.24) is 0 Å². The minimum atomic E-state index is -3.33. The smallest absolute Gasteiger partial charge is 0.229 e. The predicted octanol–water partition coefficient (Wildman–Crippen LogP) is 2.91. The Morgan fingerprint density at radius 3 is 1.91 bits per heavy atom. The third-order valence-electron chi connectivity index (χ3n) is 2.55. The van der Waals surface area contributed by atoms with Gasteiger partial charge in [0.1, 0.15) is 5.75 Å². The first-order valence-electron chi connectivity index (χ1n) is 6.31. The van der Waals surface area contributed by atoms with Crippen molar-refractivity contribution in [3.05, 3.63) is 53.3 Å². The fourth-order valence-corrected chi connectivity index (χ4v) is 2.11. The molecule has 0 atom stereocenters. The van der Waals surface area contributed by atoms with Gasteiger partial charge in [-0.2, -0.15) is 0 Å². The number of hydrogen-bond donors (Lipinski definition) is 3. The van der Waals surface area contributed by atoms with E-state index in [1.165, 1.54) is 18.2 Å². The summed E-state index contributed by atoms with van der Waals surface area (Å²) in [4.78, 5) is 0. The lowest BCUT2D eigenvalue weighted by Crippen LogP contribution is -2.09. The number of halogens is 1. The number of benzene rings is 2. The van der Waals surface area contributed by atoms with Crippen LogP contribution in [0.25, 0.3) is 0 Å². The lowest BCUT2D eigenvalue weighted by atomic mass is 10.2. The van der Waals surface area contributed by atoms with Gasteiger partial charge >= 0.3 is 0 Å². The molecule has 0 bridgehead atoms. The van der Waals surface area contributed by atoms with Crippen LogP contribution in [0.2, 0.25) is 0 Å². The molecule has 0 amide bonds. The van der Waals surface area contributed by atoms with Crippen molar-refractivity contribution in [3.63, 3.8) is 0 Å². The second-order valence-corrected chi connectivity index (χ2v) is 6.60. The van der Waals surface area contributed by atoms with E-state index < -0.39 is 15.8 Å². The molecule has 7 heteroatoms. The topological polar surface area (TPSA) is 86.6 Å². The van der Waals surface area contributed by atoms with Gasteiger partial charge in [0.15, 0.2) is 11.6 Å². The lowest BCUT2D eigenvalue weighted by molar-refractivity contribution is 0.432. The third-order valence-corrected chi connectivity index (χ3v) is 3.14. The Hall–Kier alpha value is -2.28. The average Bonchev–Trinajstić information content (AvgIpc) is 2.38. The van der Waals surface area contributed by atoms with Crippen LogP contribution < -0.4 is 4.72 Å². The molecule has 2 aromatic rings. The van der Waals surface area contributed by atoms with E-state index in [9.17, 15) is 17.9 Å². The Balaban J connectivity index is 0.000000235. The molecule has 0 saturated heterocycles. The van der Waals surface area contributed by atoms with Gasteiger partial charge in [0.05, 0.1) is 11.9 Å². The number of phenols is 2. The highest BCUT2D eigenvalue weighted by atomic mass is 32.2. The number of nitrogens with one attached hydrogen (secondary N) is 1. The molecule has 120 valence electrons. The van der Waals surface area contributed by atoms with E-state index in [0.29, 0.717) is 0 Å². The molecule has 0 radical (unpaired) electrons. The molecule has 22 heavy (non-hydrogen) atoms. The van der Waals surface area contributed by atoms with Gasteiger partial charge in [0.2, 0.25) is 10.0 Å². The van der Waals surface area contributed by atoms with Crippen molar-refractivity contribution in [3.8, 4) is 11.5 Å². The molecule has 3 N–H and O–H groups in total. The Bertz CT molecular complexity index is 760. The highest BCUT2D eigenvalue weighted by Gasteiger charge is 2.06. The predicted molar refractivity (Wildman–Crippen MR) is 84.1 cm³/mol. The Morgan fingerprint density at radius 2 is 1.45 bits per heavy atom. The maximum Gasteiger partial charge on any atom is 0.229 e. The van der Waals surface area contributed by atoms with Gasteiger partial charge in [-0.3, -0.25) is 4.72 Å². The quantitative estimate of drug-likeness (QED) is 0.740. The van der Waals surface area contributed by atoms with Crippen LogP contribution in [0.3, 0.4) is 0 Å². The highest BCUT2D eigenvalue weighted by molar-refractivity contribution is 7.92. The summed E-state index contributed by atoms with van der Waals surface area (Å²) < 4.78 is 36.2. The molecule has 0 aliphatic carbocycles. The van der Waals surface area contributed by atoms with Crippen molar-refractivity contribution < 1.29 is 23.0 Å². The van der Waals surface area contributed by atoms with Crippen LogP contribution in [-0.2, 0) is 10.0 Å². The number of sulfonamides is 1. The molecule has 0 fully saturated rings. The maximum absolute atomic E-state index is 12.3. The van der Waals surface area contributed by atoms with Crippen molar-refractivity contribution >= 4 is 15.7 Å². The fourth-order valence-electron chi connectivity index (χ4n) is 1.54.